The van der Waals surface area contributed by atoms with Crippen molar-refractivity contribution in [3.05, 3.63) is 48.0 Å². The quantitative estimate of drug-likeness (QED) is 0.882. The van der Waals surface area contributed by atoms with Crippen LogP contribution in [0.2, 0.25) is 0 Å². The topological polar surface area (TPSA) is 47.3 Å². The number of para-hydroxylation sites is 1. The van der Waals surface area contributed by atoms with Crippen LogP contribution in [0.5, 0.6) is 5.75 Å². The number of imidazole rings is 1. The fraction of sp³-hybridized carbons (Fsp3) is 0.357. The lowest BCUT2D eigenvalue weighted by atomic mass is 9.98. The largest absolute Gasteiger partial charge is 0.484 e. The average Bonchev–Trinajstić information content (AvgIpc) is 2.87. The first-order valence-corrected chi connectivity index (χ1v) is 6.23. The molecule has 18 heavy (non-hydrogen) atoms. The monoisotopic (exact) mass is 244 g/mol. The highest BCUT2D eigenvalue weighted by Crippen LogP contribution is 2.40. The Hall–Kier alpha value is -1.81. The summed E-state index contributed by atoms with van der Waals surface area (Å²) in [5.41, 5.74) is 1.89. The number of ether oxygens (including phenoxy) is 1. The summed E-state index contributed by atoms with van der Waals surface area (Å²) in [4.78, 5) is 4.15. The third kappa shape index (κ3) is 1.78. The molecule has 1 aromatic heterocycles. The zero-order valence-electron chi connectivity index (χ0n) is 10.3. The molecule has 2 heterocycles. The summed E-state index contributed by atoms with van der Waals surface area (Å²) in [6.07, 6.45) is 3.58. The molecule has 1 aromatic carbocycles. The predicted molar refractivity (Wildman–Crippen MR) is 67.3 cm³/mol. The Morgan fingerprint density at radius 1 is 1.44 bits per heavy atom. The molecule has 1 aliphatic heterocycles. The van der Waals surface area contributed by atoms with Crippen molar-refractivity contribution in [2.24, 2.45) is 0 Å². The molecule has 3 rings (SSSR count). The van der Waals surface area contributed by atoms with E-state index in [2.05, 4.69) is 11.9 Å². The van der Waals surface area contributed by atoms with E-state index in [9.17, 15) is 5.11 Å². The van der Waals surface area contributed by atoms with Crippen LogP contribution in [0.4, 0.5) is 0 Å². The summed E-state index contributed by atoms with van der Waals surface area (Å²) in [6, 6.07) is 7.65. The van der Waals surface area contributed by atoms with Gasteiger partial charge in [-0.2, -0.15) is 0 Å². The highest BCUT2D eigenvalue weighted by molar-refractivity contribution is 5.37. The Balaban J connectivity index is 1.94. The molecule has 0 fully saturated rings. The van der Waals surface area contributed by atoms with Crippen LogP contribution >= 0.6 is 0 Å². The number of aryl methyl sites for hydroxylation is 1. The summed E-state index contributed by atoms with van der Waals surface area (Å²) in [7, 11) is 0. The molecule has 0 aliphatic carbocycles. The first-order valence-electron chi connectivity index (χ1n) is 6.23. The number of hydrogen-bond acceptors (Lipinski definition) is 3. The van der Waals surface area contributed by atoms with E-state index < -0.39 is 6.10 Å². The minimum Gasteiger partial charge on any atom is -0.484 e. The highest BCUT2D eigenvalue weighted by Gasteiger charge is 2.29. The predicted octanol–water partition coefficient (Wildman–Crippen LogP) is 2.46. The van der Waals surface area contributed by atoms with Crippen LogP contribution in [0, 0.1) is 0 Å². The van der Waals surface area contributed by atoms with E-state index in [-0.39, 0.29) is 6.10 Å². The van der Waals surface area contributed by atoms with Crippen LogP contribution < -0.4 is 4.74 Å². The lowest BCUT2D eigenvalue weighted by Gasteiger charge is -2.29. The van der Waals surface area contributed by atoms with Crippen LogP contribution in [0.15, 0.2) is 36.8 Å². The van der Waals surface area contributed by atoms with Gasteiger partial charge >= 0.3 is 0 Å². The first kappa shape index (κ1) is 11.3. The number of aliphatic hydroxyl groups excluding tert-OH is 1. The number of nitrogens with zero attached hydrogens (tertiary/aromatic N) is 2. The molecule has 94 valence electrons. The highest BCUT2D eigenvalue weighted by atomic mass is 16.5. The van der Waals surface area contributed by atoms with E-state index in [4.69, 9.17) is 4.74 Å². The number of benzene rings is 1. The molecular weight excluding hydrogens is 228 g/mol. The fourth-order valence-corrected chi connectivity index (χ4v) is 2.44. The van der Waals surface area contributed by atoms with Crippen molar-refractivity contribution in [3.8, 4) is 5.75 Å². The minimum absolute atomic E-state index is 0.127. The van der Waals surface area contributed by atoms with Crippen LogP contribution in [-0.4, -0.2) is 14.7 Å². The number of aliphatic hydroxyl groups is 1. The molecule has 4 nitrogen and oxygen atoms in total. The maximum atomic E-state index is 10.2. The minimum atomic E-state index is -0.472. The zero-order valence-corrected chi connectivity index (χ0v) is 10.3. The third-order valence-electron chi connectivity index (χ3n) is 3.40. The lowest BCUT2D eigenvalue weighted by Crippen LogP contribution is -2.21. The average molecular weight is 244 g/mol. The molecule has 0 amide bonds. The summed E-state index contributed by atoms with van der Waals surface area (Å²) in [5, 5.41) is 10.2. The van der Waals surface area contributed by atoms with Gasteiger partial charge in [0.15, 0.2) is 0 Å². The molecule has 0 spiro atoms. The first-order chi connectivity index (χ1) is 8.79. The molecule has 4 heteroatoms. The Bertz CT molecular complexity index is 550. The second-order valence-corrected chi connectivity index (χ2v) is 4.50. The molecule has 2 unspecified atom stereocenters. The maximum Gasteiger partial charge on any atom is 0.143 e. The van der Waals surface area contributed by atoms with E-state index in [1.165, 1.54) is 0 Å². The Morgan fingerprint density at radius 3 is 3.11 bits per heavy atom. The van der Waals surface area contributed by atoms with Crippen molar-refractivity contribution in [2.75, 3.05) is 0 Å². The van der Waals surface area contributed by atoms with Crippen molar-refractivity contribution < 1.29 is 9.84 Å². The maximum absolute atomic E-state index is 10.2. The van der Waals surface area contributed by atoms with E-state index in [0.29, 0.717) is 6.42 Å². The fourth-order valence-electron chi connectivity index (χ4n) is 2.44. The molecular formula is C14H16N2O2. The van der Waals surface area contributed by atoms with Gasteiger partial charge < -0.3 is 14.4 Å². The van der Waals surface area contributed by atoms with E-state index in [1.54, 1.807) is 6.33 Å². The van der Waals surface area contributed by atoms with Gasteiger partial charge in [-0.05, 0) is 13.0 Å². The Morgan fingerprint density at radius 2 is 2.28 bits per heavy atom. The Labute approximate surface area is 106 Å². The van der Waals surface area contributed by atoms with E-state index in [0.717, 1.165) is 23.6 Å². The molecule has 2 aromatic rings. The molecule has 0 bridgehead atoms. The van der Waals surface area contributed by atoms with Crippen LogP contribution in [0.25, 0.3) is 0 Å². The number of aromatic nitrogens is 2. The summed E-state index contributed by atoms with van der Waals surface area (Å²) in [5.74, 6) is 0.769. The van der Waals surface area contributed by atoms with Crippen LogP contribution in [0.1, 0.15) is 36.8 Å². The standard InChI is InChI=1S/C14H16N2O2/c1-2-16-9-15-8-11(16)14-7-12(17)10-5-3-4-6-13(10)18-14/h3-6,8-9,12,14,17H,2,7H2,1H3. The van der Waals surface area contributed by atoms with Gasteiger partial charge in [-0.25, -0.2) is 4.98 Å². The summed E-state index contributed by atoms with van der Waals surface area (Å²) in [6.45, 7) is 2.92. The zero-order chi connectivity index (χ0) is 12.5. The molecule has 2 atom stereocenters. The lowest BCUT2D eigenvalue weighted by molar-refractivity contribution is 0.0619. The van der Waals surface area contributed by atoms with Gasteiger partial charge in [-0.3, -0.25) is 0 Å². The van der Waals surface area contributed by atoms with Gasteiger partial charge in [0.05, 0.1) is 24.3 Å². The van der Waals surface area contributed by atoms with Crippen molar-refractivity contribution >= 4 is 0 Å². The summed E-state index contributed by atoms with van der Waals surface area (Å²) < 4.78 is 8.02. The van der Waals surface area contributed by atoms with Gasteiger partial charge in [0.2, 0.25) is 0 Å². The van der Waals surface area contributed by atoms with Gasteiger partial charge in [0.1, 0.15) is 11.9 Å². The third-order valence-corrected chi connectivity index (χ3v) is 3.40. The van der Waals surface area contributed by atoms with Gasteiger partial charge in [0.25, 0.3) is 0 Å². The molecule has 0 radical (unpaired) electrons. The van der Waals surface area contributed by atoms with Crippen LogP contribution in [-0.2, 0) is 6.54 Å². The van der Waals surface area contributed by atoms with Gasteiger partial charge in [-0.1, -0.05) is 18.2 Å². The second kappa shape index (κ2) is 4.46. The molecule has 1 aliphatic rings. The second-order valence-electron chi connectivity index (χ2n) is 4.50. The van der Waals surface area contributed by atoms with Crippen LogP contribution in [0.3, 0.4) is 0 Å². The van der Waals surface area contributed by atoms with Crippen molar-refractivity contribution in [1.29, 1.82) is 0 Å². The Kier molecular flexibility index (Phi) is 2.80. The van der Waals surface area contributed by atoms with Crippen molar-refractivity contribution in [3.63, 3.8) is 0 Å². The summed E-state index contributed by atoms with van der Waals surface area (Å²) >= 11 is 0. The molecule has 0 saturated heterocycles. The van der Waals surface area contributed by atoms with Gasteiger partial charge in [-0.15, -0.1) is 0 Å². The number of fused-ring (bicyclic) bond motifs is 1. The smallest absolute Gasteiger partial charge is 0.143 e. The molecule has 1 N–H and O–H groups in total. The van der Waals surface area contributed by atoms with Crippen molar-refractivity contribution in [2.45, 2.75) is 32.1 Å². The van der Waals surface area contributed by atoms with E-state index in [1.807, 2.05) is 35.0 Å². The number of hydrogen-bond donors (Lipinski definition) is 1. The van der Waals surface area contributed by atoms with E-state index >= 15 is 0 Å². The van der Waals surface area contributed by atoms with Gasteiger partial charge in [0, 0.05) is 18.5 Å². The molecule has 0 saturated carbocycles. The van der Waals surface area contributed by atoms with Crippen molar-refractivity contribution in [1.82, 2.24) is 9.55 Å². The normalized spacial score (nSPS) is 22.3. The SMILES string of the molecule is CCn1cncc1C1CC(O)c2ccccc2O1. The number of rotatable bonds is 2.